The quantitative estimate of drug-likeness (QED) is 0.359. The smallest absolute Gasteiger partial charge is 0.269 e. The van der Waals surface area contributed by atoms with Crippen LogP contribution in [0.3, 0.4) is 0 Å². The third-order valence-corrected chi connectivity index (χ3v) is 4.64. The molecule has 0 atom stereocenters. The number of para-hydroxylation sites is 1. The van der Waals surface area contributed by atoms with Gasteiger partial charge in [0.05, 0.1) is 4.92 Å². The van der Waals surface area contributed by atoms with Crippen LogP contribution in [0.25, 0.3) is 12.2 Å². The normalized spacial score (nSPS) is 13.2. The monoisotopic (exact) mass is 342 g/mol. The summed E-state index contributed by atoms with van der Waals surface area (Å²) in [6.45, 7) is 0.995. The van der Waals surface area contributed by atoms with Crippen LogP contribution in [0.1, 0.15) is 16.7 Å². The fourth-order valence-corrected chi connectivity index (χ4v) is 3.30. The predicted molar refractivity (Wildman–Crippen MR) is 106 cm³/mol. The number of hydrogen-bond acceptors (Lipinski definition) is 3. The van der Waals surface area contributed by atoms with Crippen LogP contribution in [0, 0.1) is 10.1 Å². The first-order valence-electron chi connectivity index (χ1n) is 8.59. The van der Waals surface area contributed by atoms with Crippen LogP contribution < -0.4 is 4.90 Å². The van der Waals surface area contributed by atoms with E-state index in [1.807, 2.05) is 18.2 Å². The highest BCUT2D eigenvalue weighted by Gasteiger charge is 2.19. The number of benzene rings is 3. The van der Waals surface area contributed by atoms with Crippen LogP contribution in [-0.4, -0.2) is 11.5 Å². The summed E-state index contributed by atoms with van der Waals surface area (Å²) in [4.78, 5) is 12.7. The lowest BCUT2D eigenvalue weighted by Gasteiger charge is -2.19. The highest BCUT2D eigenvalue weighted by molar-refractivity contribution is 5.75. The SMILES string of the molecule is O=[N+]([O-])c1ccc(/C=C/c2ccc3c(c2)CCN3c2ccccc2)cc1. The Morgan fingerprint density at radius 1 is 0.885 bits per heavy atom. The summed E-state index contributed by atoms with van der Waals surface area (Å²) in [7, 11) is 0. The molecule has 0 unspecified atom stereocenters. The van der Waals surface area contributed by atoms with E-state index in [1.165, 1.54) is 29.1 Å². The van der Waals surface area contributed by atoms with Crippen molar-refractivity contribution in [2.24, 2.45) is 0 Å². The van der Waals surface area contributed by atoms with Crippen molar-refractivity contribution in [1.29, 1.82) is 0 Å². The number of fused-ring (bicyclic) bond motifs is 1. The van der Waals surface area contributed by atoms with Crippen molar-refractivity contribution < 1.29 is 4.92 Å². The van der Waals surface area contributed by atoms with Gasteiger partial charge in [-0.15, -0.1) is 0 Å². The molecule has 0 saturated heterocycles. The molecule has 3 aromatic rings. The first-order chi connectivity index (χ1) is 12.7. The van der Waals surface area contributed by atoms with E-state index in [4.69, 9.17) is 0 Å². The topological polar surface area (TPSA) is 46.4 Å². The van der Waals surface area contributed by atoms with E-state index in [9.17, 15) is 10.1 Å². The van der Waals surface area contributed by atoms with Gasteiger partial charge in [-0.05, 0) is 59.5 Å². The average Bonchev–Trinajstić information content (AvgIpc) is 3.10. The summed E-state index contributed by atoms with van der Waals surface area (Å²) in [5.74, 6) is 0. The number of nitrogens with zero attached hydrogens (tertiary/aromatic N) is 2. The minimum absolute atomic E-state index is 0.112. The number of nitro groups is 1. The fourth-order valence-electron chi connectivity index (χ4n) is 3.30. The Labute approximate surface area is 152 Å². The van der Waals surface area contributed by atoms with E-state index in [2.05, 4.69) is 47.4 Å². The Balaban J connectivity index is 1.54. The van der Waals surface area contributed by atoms with E-state index >= 15 is 0 Å². The summed E-state index contributed by atoms with van der Waals surface area (Å²) < 4.78 is 0. The minimum Gasteiger partial charge on any atom is -0.341 e. The van der Waals surface area contributed by atoms with Crippen molar-refractivity contribution >= 4 is 29.2 Å². The van der Waals surface area contributed by atoms with Gasteiger partial charge in [0.15, 0.2) is 0 Å². The van der Waals surface area contributed by atoms with E-state index in [0.29, 0.717) is 0 Å². The molecule has 0 spiro atoms. The van der Waals surface area contributed by atoms with E-state index in [-0.39, 0.29) is 10.6 Å². The number of anilines is 2. The van der Waals surface area contributed by atoms with Gasteiger partial charge in [-0.2, -0.15) is 0 Å². The molecule has 4 rings (SSSR count). The molecule has 0 fully saturated rings. The number of nitro benzene ring substituents is 1. The van der Waals surface area contributed by atoms with E-state index in [0.717, 1.165) is 24.1 Å². The van der Waals surface area contributed by atoms with Crippen molar-refractivity contribution in [2.75, 3.05) is 11.4 Å². The number of non-ortho nitro benzene ring substituents is 1. The predicted octanol–water partition coefficient (Wildman–Crippen LogP) is 5.46. The number of hydrogen-bond donors (Lipinski definition) is 0. The Morgan fingerprint density at radius 2 is 1.58 bits per heavy atom. The Hall–Kier alpha value is -3.40. The van der Waals surface area contributed by atoms with Crippen LogP contribution in [0.4, 0.5) is 17.1 Å². The van der Waals surface area contributed by atoms with Gasteiger partial charge >= 0.3 is 0 Å². The molecule has 0 aromatic heterocycles. The average molecular weight is 342 g/mol. The summed E-state index contributed by atoms with van der Waals surface area (Å²) in [5.41, 5.74) is 6.03. The van der Waals surface area contributed by atoms with Gasteiger partial charge in [0.2, 0.25) is 0 Å². The highest BCUT2D eigenvalue weighted by atomic mass is 16.6. The maximum absolute atomic E-state index is 10.7. The summed E-state index contributed by atoms with van der Waals surface area (Å²) in [5, 5.41) is 10.7. The summed E-state index contributed by atoms with van der Waals surface area (Å²) in [6, 6.07) is 23.5. The molecule has 1 aliphatic heterocycles. The van der Waals surface area contributed by atoms with Crippen LogP contribution in [0.2, 0.25) is 0 Å². The molecule has 0 aliphatic carbocycles. The molecule has 0 bridgehead atoms. The maximum atomic E-state index is 10.7. The molecular formula is C22H18N2O2. The molecule has 3 aromatic carbocycles. The van der Waals surface area contributed by atoms with Gasteiger partial charge in [0.1, 0.15) is 0 Å². The molecular weight excluding hydrogens is 324 g/mol. The van der Waals surface area contributed by atoms with Gasteiger partial charge in [0.25, 0.3) is 5.69 Å². The van der Waals surface area contributed by atoms with E-state index in [1.54, 1.807) is 12.1 Å². The highest BCUT2D eigenvalue weighted by Crippen LogP contribution is 2.35. The fraction of sp³-hybridized carbons (Fsp3) is 0.0909. The van der Waals surface area contributed by atoms with Gasteiger partial charge in [0, 0.05) is 30.1 Å². The minimum atomic E-state index is -0.382. The van der Waals surface area contributed by atoms with Crippen molar-refractivity contribution in [2.45, 2.75) is 6.42 Å². The zero-order chi connectivity index (χ0) is 17.9. The zero-order valence-corrected chi connectivity index (χ0v) is 14.2. The molecule has 1 heterocycles. The summed E-state index contributed by atoms with van der Waals surface area (Å²) >= 11 is 0. The second-order valence-corrected chi connectivity index (χ2v) is 6.31. The van der Waals surface area contributed by atoms with Crippen LogP contribution in [0.15, 0.2) is 72.8 Å². The van der Waals surface area contributed by atoms with Crippen molar-refractivity contribution in [3.8, 4) is 0 Å². The van der Waals surface area contributed by atoms with Gasteiger partial charge in [-0.1, -0.05) is 36.4 Å². The second-order valence-electron chi connectivity index (χ2n) is 6.31. The number of rotatable bonds is 4. The molecule has 4 heteroatoms. The van der Waals surface area contributed by atoms with Crippen molar-refractivity contribution in [1.82, 2.24) is 0 Å². The molecule has 0 N–H and O–H groups in total. The molecule has 0 radical (unpaired) electrons. The third-order valence-electron chi connectivity index (χ3n) is 4.64. The van der Waals surface area contributed by atoms with Gasteiger partial charge in [-0.3, -0.25) is 10.1 Å². The molecule has 128 valence electrons. The van der Waals surface area contributed by atoms with Crippen molar-refractivity contribution in [3.05, 3.63) is 99.6 Å². The zero-order valence-electron chi connectivity index (χ0n) is 14.2. The van der Waals surface area contributed by atoms with Gasteiger partial charge in [-0.25, -0.2) is 0 Å². The Bertz CT molecular complexity index is 963. The second kappa shape index (κ2) is 6.84. The Kier molecular flexibility index (Phi) is 4.23. The lowest BCUT2D eigenvalue weighted by Crippen LogP contribution is -2.12. The summed E-state index contributed by atoms with van der Waals surface area (Å²) in [6.07, 6.45) is 5.06. The van der Waals surface area contributed by atoms with Gasteiger partial charge < -0.3 is 4.90 Å². The van der Waals surface area contributed by atoms with Crippen molar-refractivity contribution in [3.63, 3.8) is 0 Å². The largest absolute Gasteiger partial charge is 0.341 e. The molecule has 1 aliphatic rings. The molecule has 0 amide bonds. The molecule has 4 nitrogen and oxygen atoms in total. The van der Waals surface area contributed by atoms with Crippen LogP contribution in [-0.2, 0) is 6.42 Å². The van der Waals surface area contributed by atoms with Crippen LogP contribution >= 0.6 is 0 Å². The molecule has 26 heavy (non-hydrogen) atoms. The first kappa shape index (κ1) is 16.1. The lowest BCUT2D eigenvalue weighted by molar-refractivity contribution is -0.384. The first-order valence-corrected chi connectivity index (χ1v) is 8.59. The van der Waals surface area contributed by atoms with Crippen LogP contribution in [0.5, 0.6) is 0 Å². The van der Waals surface area contributed by atoms with E-state index < -0.39 is 0 Å². The lowest BCUT2D eigenvalue weighted by atomic mass is 10.1. The maximum Gasteiger partial charge on any atom is 0.269 e. The molecule has 0 saturated carbocycles. The third kappa shape index (κ3) is 3.22. The standard InChI is InChI=1S/C22H18N2O2/c25-24(26)21-11-8-17(9-12-21)6-7-18-10-13-22-19(16-18)14-15-23(22)20-4-2-1-3-5-20/h1-13,16H,14-15H2/b7-6+. The Morgan fingerprint density at radius 3 is 2.31 bits per heavy atom.